The van der Waals surface area contributed by atoms with Crippen LogP contribution in [-0.4, -0.2) is 13.4 Å². The monoisotopic (exact) mass is 453 g/mol. The van der Waals surface area contributed by atoms with Crippen LogP contribution in [-0.2, 0) is 10.0 Å². The van der Waals surface area contributed by atoms with Gasteiger partial charge in [0, 0.05) is 17.3 Å². The summed E-state index contributed by atoms with van der Waals surface area (Å²) in [7, 11) is -3.98. The topological polar surface area (TPSA) is 92.1 Å². The molecule has 0 bridgehead atoms. The highest BCUT2D eigenvalue weighted by atomic mass is 35.5. The third-order valence-electron chi connectivity index (χ3n) is 3.44. The van der Waals surface area contributed by atoms with Gasteiger partial charge in [-0.15, -0.1) is 0 Å². The zero-order valence-corrected chi connectivity index (χ0v) is 16.9. The summed E-state index contributed by atoms with van der Waals surface area (Å²) in [4.78, 5) is 3.76. The van der Waals surface area contributed by atoms with E-state index in [1.807, 2.05) is 6.07 Å². The number of hydrogen-bond donors (Lipinski definition) is 1. The number of ether oxygens (including phenoxy) is 1. The molecule has 0 fully saturated rings. The number of anilines is 1. The van der Waals surface area contributed by atoms with Crippen LogP contribution in [0.5, 0.6) is 11.5 Å². The second-order valence-electron chi connectivity index (χ2n) is 5.44. The first kappa shape index (κ1) is 20.2. The van der Waals surface area contributed by atoms with Crippen LogP contribution in [0.25, 0.3) is 0 Å². The van der Waals surface area contributed by atoms with E-state index in [9.17, 15) is 13.7 Å². The second-order valence-corrected chi connectivity index (χ2v) is 8.37. The first-order chi connectivity index (χ1) is 13.3. The minimum Gasteiger partial charge on any atom is -0.454 e. The highest BCUT2D eigenvalue weighted by Gasteiger charge is 2.19. The number of hydrogen-bond acceptors (Lipinski definition) is 5. The molecule has 1 aromatic heterocycles. The number of halogens is 3. The molecule has 3 rings (SSSR count). The number of benzene rings is 2. The Morgan fingerprint density at radius 1 is 1.00 bits per heavy atom. The second kappa shape index (κ2) is 8.25. The number of sulfonamides is 1. The van der Waals surface area contributed by atoms with Crippen molar-refractivity contribution >= 4 is 50.5 Å². The molecular weight excluding hydrogens is 445 g/mol. The van der Waals surface area contributed by atoms with Crippen molar-refractivity contribution in [1.29, 1.82) is 5.26 Å². The Labute approximate surface area is 176 Å². The first-order valence-corrected chi connectivity index (χ1v) is 10.2. The minimum atomic E-state index is -3.98. The van der Waals surface area contributed by atoms with Crippen molar-refractivity contribution in [2.24, 2.45) is 0 Å². The Balaban J connectivity index is 1.88. The summed E-state index contributed by atoms with van der Waals surface area (Å²) in [5.41, 5.74) is 0.279. The van der Waals surface area contributed by atoms with Gasteiger partial charge in [-0.1, -0.05) is 34.8 Å². The summed E-state index contributed by atoms with van der Waals surface area (Å²) in [5, 5.41) is 10.0. The predicted octanol–water partition coefficient (Wildman–Crippen LogP) is 5.51. The molecule has 142 valence electrons. The quantitative estimate of drug-likeness (QED) is 0.549. The van der Waals surface area contributed by atoms with E-state index in [4.69, 9.17) is 39.5 Å². The molecule has 0 spiro atoms. The van der Waals surface area contributed by atoms with E-state index >= 15 is 0 Å². The van der Waals surface area contributed by atoms with Crippen molar-refractivity contribution in [1.82, 2.24) is 4.98 Å². The molecule has 3 aromatic rings. The molecule has 0 saturated carbocycles. The fraction of sp³-hybridized carbons (Fsp3) is 0. The van der Waals surface area contributed by atoms with Gasteiger partial charge in [-0.25, -0.2) is 8.42 Å². The normalized spacial score (nSPS) is 10.9. The van der Waals surface area contributed by atoms with E-state index in [0.29, 0.717) is 15.8 Å². The summed E-state index contributed by atoms with van der Waals surface area (Å²) in [5.74, 6) is 0.560. The summed E-state index contributed by atoms with van der Waals surface area (Å²) in [6, 6.07) is 11.8. The lowest BCUT2D eigenvalue weighted by molar-refractivity contribution is 0.479. The standard InChI is InChI=1S/C18H10Cl3N3O3S/c19-12-1-4-18(16(21)7-12)28(25,26)24-14-2-3-17(11(5-14)8-22)27-15-6-13(20)9-23-10-15/h1-7,9-10,24H. The number of rotatable bonds is 5. The van der Waals surface area contributed by atoms with Crippen LogP contribution in [0.2, 0.25) is 15.1 Å². The predicted molar refractivity (Wildman–Crippen MR) is 108 cm³/mol. The Morgan fingerprint density at radius 3 is 2.46 bits per heavy atom. The highest BCUT2D eigenvalue weighted by molar-refractivity contribution is 7.92. The van der Waals surface area contributed by atoms with E-state index in [1.54, 1.807) is 0 Å². The van der Waals surface area contributed by atoms with E-state index in [-0.39, 0.29) is 26.9 Å². The van der Waals surface area contributed by atoms with Crippen molar-refractivity contribution in [3.05, 3.63) is 75.5 Å². The molecule has 0 aliphatic rings. The van der Waals surface area contributed by atoms with Gasteiger partial charge < -0.3 is 4.74 Å². The lowest BCUT2D eigenvalue weighted by Crippen LogP contribution is -2.13. The molecule has 0 atom stereocenters. The largest absolute Gasteiger partial charge is 0.454 e. The smallest absolute Gasteiger partial charge is 0.263 e. The SMILES string of the molecule is N#Cc1cc(NS(=O)(=O)c2ccc(Cl)cc2Cl)ccc1Oc1cncc(Cl)c1. The summed E-state index contributed by atoms with van der Waals surface area (Å²) in [6.07, 6.45) is 2.88. The molecule has 0 radical (unpaired) electrons. The maximum Gasteiger partial charge on any atom is 0.263 e. The number of nitriles is 1. The molecule has 0 amide bonds. The Morgan fingerprint density at radius 2 is 1.79 bits per heavy atom. The van der Waals surface area contributed by atoms with Crippen molar-refractivity contribution in [3.63, 3.8) is 0 Å². The fourth-order valence-corrected chi connectivity index (χ4v) is 4.24. The van der Waals surface area contributed by atoms with Crippen LogP contribution in [0, 0.1) is 11.3 Å². The molecule has 10 heteroatoms. The zero-order valence-electron chi connectivity index (χ0n) is 13.9. The van der Waals surface area contributed by atoms with E-state index in [1.165, 1.54) is 54.9 Å². The molecule has 6 nitrogen and oxygen atoms in total. The number of nitrogens with zero attached hydrogens (tertiary/aromatic N) is 2. The molecule has 0 unspecified atom stereocenters. The van der Waals surface area contributed by atoms with Gasteiger partial charge in [0.2, 0.25) is 0 Å². The van der Waals surface area contributed by atoms with Crippen LogP contribution in [0.1, 0.15) is 5.56 Å². The minimum absolute atomic E-state index is 0.0195. The van der Waals surface area contributed by atoms with Crippen molar-refractivity contribution in [2.45, 2.75) is 4.90 Å². The summed E-state index contributed by atoms with van der Waals surface area (Å²) < 4.78 is 33.1. The third-order valence-corrected chi connectivity index (χ3v) is 5.75. The third kappa shape index (κ3) is 4.66. The molecule has 2 aromatic carbocycles. The van der Waals surface area contributed by atoms with Crippen LogP contribution in [0.3, 0.4) is 0 Å². The van der Waals surface area contributed by atoms with Gasteiger partial charge in [0.1, 0.15) is 22.5 Å². The molecule has 1 N–H and O–H groups in total. The van der Waals surface area contributed by atoms with E-state index < -0.39 is 10.0 Å². The average molecular weight is 455 g/mol. The highest BCUT2D eigenvalue weighted by Crippen LogP contribution is 2.30. The van der Waals surface area contributed by atoms with Gasteiger partial charge in [0.05, 0.1) is 27.5 Å². The molecule has 0 aliphatic heterocycles. The van der Waals surface area contributed by atoms with Crippen molar-refractivity contribution in [2.75, 3.05) is 4.72 Å². The maximum atomic E-state index is 12.6. The van der Waals surface area contributed by atoms with E-state index in [2.05, 4.69) is 9.71 Å². The van der Waals surface area contributed by atoms with Crippen LogP contribution in [0.4, 0.5) is 5.69 Å². The lowest BCUT2D eigenvalue weighted by atomic mass is 10.2. The number of pyridine rings is 1. The van der Waals surface area contributed by atoms with Gasteiger partial charge in [-0.3, -0.25) is 9.71 Å². The van der Waals surface area contributed by atoms with Crippen LogP contribution in [0.15, 0.2) is 59.8 Å². The summed E-state index contributed by atoms with van der Waals surface area (Å²) in [6.45, 7) is 0. The Bertz CT molecular complexity index is 1190. The molecule has 28 heavy (non-hydrogen) atoms. The molecule has 1 heterocycles. The van der Waals surface area contributed by atoms with Gasteiger partial charge >= 0.3 is 0 Å². The first-order valence-electron chi connectivity index (χ1n) is 7.59. The van der Waals surface area contributed by atoms with Crippen LogP contribution < -0.4 is 9.46 Å². The van der Waals surface area contributed by atoms with E-state index in [0.717, 1.165) is 0 Å². The molecule has 0 aliphatic carbocycles. The zero-order chi connectivity index (χ0) is 20.3. The molecular formula is C18H10Cl3N3O3S. The Kier molecular flexibility index (Phi) is 5.96. The lowest BCUT2D eigenvalue weighted by Gasteiger charge is -2.12. The van der Waals surface area contributed by atoms with Gasteiger partial charge in [-0.2, -0.15) is 5.26 Å². The maximum absolute atomic E-state index is 12.6. The van der Waals surface area contributed by atoms with Gasteiger partial charge in [-0.05, 0) is 36.4 Å². The molecule has 0 saturated heterocycles. The average Bonchev–Trinajstić information content (AvgIpc) is 2.62. The van der Waals surface area contributed by atoms with Gasteiger partial charge in [0.25, 0.3) is 10.0 Å². The van der Waals surface area contributed by atoms with Crippen molar-refractivity contribution in [3.8, 4) is 17.6 Å². The number of aromatic nitrogens is 1. The van der Waals surface area contributed by atoms with Gasteiger partial charge in [0.15, 0.2) is 0 Å². The van der Waals surface area contributed by atoms with Crippen molar-refractivity contribution < 1.29 is 13.2 Å². The Hall–Kier alpha value is -2.50. The fourth-order valence-electron chi connectivity index (χ4n) is 2.25. The summed E-state index contributed by atoms with van der Waals surface area (Å²) >= 11 is 17.6. The number of nitrogens with one attached hydrogen (secondary N) is 1. The van der Waals surface area contributed by atoms with Crippen LogP contribution >= 0.6 is 34.8 Å².